The van der Waals surface area contributed by atoms with Crippen LogP contribution in [0.2, 0.25) is 0 Å². The summed E-state index contributed by atoms with van der Waals surface area (Å²) in [6.07, 6.45) is -0.679. The highest BCUT2D eigenvalue weighted by atomic mass is 16.7. The van der Waals surface area contributed by atoms with E-state index in [-0.39, 0.29) is 25.3 Å². The number of unbranched alkanes of at least 4 members (excludes halogenated alkanes) is 1. The lowest BCUT2D eigenvalue weighted by Crippen LogP contribution is -2.58. The van der Waals surface area contributed by atoms with E-state index in [2.05, 4.69) is 0 Å². The Balaban J connectivity index is 2.18. The number of rotatable bonds is 10. The van der Waals surface area contributed by atoms with Crippen molar-refractivity contribution in [2.75, 3.05) is 19.7 Å². The molecule has 2 aliphatic rings. The van der Waals surface area contributed by atoms with Crippen LogP contribution >= 0.6 is 0 Å². The lowest BCUT2D eigenvalue weighted by molar-refractivity contribution is -0.175. The molecule has 4 unspecified atom stereocenters. The number of hydrogen-bond acceptors (Lipinski definition) is 8. The number of imide groups is 1. The molecule has 0 saturated carbocycles. The fourth-order valence-corrected chi connectivity index (χ4v) is 4.99. The third-order valence-corrected chi connectivity index (χ3v) is 6.48. The van der Waals surface area contributed by atoms with Crippen LogP contribution in [0.5, 0.6) is 0 Å². The maximum absolute atomic E-state index is 13.5. The van der Waals surface area contributed by atoms with Gasteiger partial charge >= 0.3 is 6.16 Å². The number of fused-ring (bicyclic) bond motifs is 1. The number of amidine groups is 1. The second-order valence-corrected chi connectivity index (χ2v) is 8.45. The number of nitrogens with one attached hydrogen (secondary N) is 1. The fraction of sp³-hybridized carbons (Fsp3) is 0.500. The highest BCUT2D eigenvalue weighted by Crippen LogP contribution is 2.55. The largest absolute Gasteiger partial charge is 0.507 e. The van der Waals surface area contributed by atoms with Crippen molar-refractivity contribution >= 4 is 29.7 Å². The summed E-state index contributed by atoms with van der Waals surface area (Å²) < 4.78 is 5.18. The van der Waals surface area contributed by atoms with Gasteiger partial charge in [0.15, 0.2) is 0 Å². The van der Waals surface area contributed by atoms with Crippen LogP contribution in [0.3, 0.4) is 0 Å². The minimum absolute atomic E-state index is 0.160. The molecule has 2 aliphatic heterocycles. The molecule has 2 saturated heterocycles. The molecule has 0 aromatic heterocycles. The van der Waals surface area contributed by atoms with Gasteiger partial charge in [-0.2, -0.15) is 0 Å². The van der Waals surface area contributed by atoms with E-state index in [4.69, 9.17) is 21.6 Å². The van der Waals surface area contributed by atoms with Crippen molar-refractivity contribution in [2.45, 2.75) is 38.0 Å². The second-order valence-electron chi connectivity index (χ2n) is 8.45. The van der Waals surface area contributed by atoms with Crippen molar-refractivity contribution in [3.05, 3.63) is 35.4 Å². The summed E-state index contributed by atoms with van der Waals surface area (Å²) in [6.45, 7) is 0.988. The lowest BCUT2D eigenvalue weighted by atomic mass is 9.85. The number of ether oxygens (including phenoxy) is 1. The molecular formula is C22H29N5O7. The molecule has 2 heterocycles. The Labute approximate surface area is 195 Å². The number of benzene rings is 1. The minimum atomic E-state index is -2.09. The van der Waals surface area contributed by atoms with Crippen LogP contribution in [0.4, 0.5) is 4.79 Å². The van der Waals surface area contributed by atoms with E-state index in [1.807, 2.05) is 6.92 Å². The summed E-state index contributed by atoms with van der Waals surface area (Å²) in [5.74, 6) is -4.37. The van der Waals surface area contributed by atoms with Gasteiger partial charge in [0.2, 0.25) is 23.4 Å². The number of primary amides is 1. The zero-order valence-electron chi connectivity index (χ0n) is 18.8. The number of hydrogen-bond donors (Lipinski definition) is 5. The van der Waals surface area contributed by atoms with E-state index in [1.165, 1.54) is 4.90 Å². The van der Waals surface area contributed by atoms with Crippen molar-refractivity contribution in [2.24, 2.45) is 23.3 Å². The second kappa shape index (κ2) is 9.77. The minimum Gasteiger partial charge on any atom is -0.450 e. The Morgan fingerprint density at radius 1 is 1.15 bits per heavy atom. The molecule has 0 spiro atoms. The van der Waals surface area contributed by atoms with Crippen LogP contribution in [0, 0.1) is 17.2 Å². The van der Waals surface area contributed by atoms with Gasteiger partial charge in [0.05, 0.1) is 18.6 Å². The van der Waals surface area contributed by atoms with Crippen LogP contribution in [0.1, 0.15) is 43.4 Å². The summed E-state index contributed by atoms with van der Waals surface area (Å²) in [6, 6.07) is 5.44. The van der Waals surface area contributed by atoms with Crippen LogP contribution in [-0.2, 0) is 19.1 Å². The standard InChI is InChI=1S/C22H29N5O7/c1-2-3-9-26-19(30)15-16(20(26)31)22(11-28,34-21(32)33)27(10-8-14(23)29)17(15)12-4-6-13(7-5-12)18(24)25/h4-7,15-17,28H,2-3,8-11H2,1H3,(H2,23,29)(H3,24,25)(H,32,33). The van der Waals surface area contributed by atoms with Crippen LogP contribution in [-0.4, -0.2) is 75.1 Å². The lowest BCUT2D eigenvalue weighted by Gasteiger charge is -2.40. The molecule has 2 fully saturated rings. The Morgan fingerprint density at radius 3 is 2.29 bits per heavy atom. The normalized spacial score (nSPS) is 26.5. The van der Waals surface area contributed by atoms with E-state index in [0.717, 1.165) is 11.3 Å². The number of nitrogens with zero attached hydrogens (tertiary/aromatic N) is 2. The third-order valence-electron chi connectivity index (χ3n) is 6.48. The highest BCUT2D eigenvalue weighted by Gasteiger charge is 2.71. The van der Waals surface area contributed by atoms with Crippen LogP contribution in [0.15, 0.2) is 24.3 Å². The number of aliphatic hydroxyl groups is 1. The molecule has 3 rings (SSSR count). The van der Waals surface area contributed by atoms with E-state index in [0.29, 0.717) is 17.5 Å². The molecule has 4 atom stereocenters. The molecule has 0 aliphatic carbocycles. The Bertz CT molecular complexity index is 998. The summed E-state index contributed by atoms with van der Waals surface area (Å²) in [4.78, 5) is 52.7. The number of likely N-dealkylation sites (tertiary alicyclic amines) is 2. The van der Waals surface area contributed by atoms with Crippen molar-refractivity contribution in [3.8, 4) is 0 Å². The summed E-state index contributed by atoms with van der Waals surface area (Å²) >= 11 is 0. The number of aliphatic hydroxyl groups excluding tert-OH is 1. The summed E-state index contributed by atoms with van der Waals surface area (Å²) in [5, 5.41) is 27.5. The molecule has 7 N–H and O–H groups in total. The van der Waals surface area contributed by atoms with Gasteiger partial charge in [0, 0.05) is 25.1 Å². The molecule has 0 radical (unpaired) electrons. The summed E-state index contributed by atoms with van der Waals surface area (Å²) in [7, 11) is 0. The van der Waals surface area contributed by atoms with E-state index in [1.54, 1.807) is 24.3 Å². The molecule has 0 bridgehead atoms. The number of carbonyl (C=O) groups excluding carboxylic acids is 3. The molecule has 1 aromatic rings. The number of nitrogens with two attached hydrogens (primary N) is 2. The highest BCUT2D eigenvalue weighted by molar-refractivity contribution is 6.07. The monoisotopic (exact) mass is 475 g/mol. The predicted molar refractivity (Wildman–Crippen MR) is 118 cm³/mol. The molecule has 12 nitrogen and oxygen atoms in total. The van der Waals surface area contributed by atoms with Crippen molar-refractivity contribution < 1.29 is 34.1 Å². The number of amides is 3. The predicted octanol–water partition coefficient (Wildman–Crippen LogP) is -0.0127. The van der Waals surface area contributed by atoms with Gasteiger partial charge in [-0.15, -0.1) is 0 Å². The molecular weight excluding hydrogens is 446 g/mol. The Hall–Kier alpha value is -3.51. The third kappa shape index (κ3) is 4.21. The van der Waals surface area contributed by atoms with Gasteiger partial charge in [0.1, 0.15) is 11.8 Å². The van der Waals surface area contributed by atoms with Gasteiger partial charge < -0.3 is 26.4 Å². The quantitative estimate of drug-likeness (QED) is 0.133. The number of nitrogen functional groups attached to an aromatic ring is 1. The van der Waals surface area contributed by atoms with E-state index < -0.39 is 54.1 Å². The first-order valence-electron chi connectivity index (χ1n) is 11.0. The Kier molecular flexibility index (Phi) is 7.22. The van der Waals surface area contributed by atoms with Gasteiger partial charge in [-0.25, -0.2) is 4.79 Å². The van der Waals surface area contributed by atoms with Crippen molar-refractivity contribution in [1.29, 1.82) is 5.41 Å². The number of carboxylic acid groups (broad SMARTS) is 1. The first kappa shape index (κ1) is 25.1. The van der Waals surface area contributed by atoms with Crippen LogP contribution < -0.4 is 11.5 Å². The smallest absolute Gasteiger partial charge is 0.450 e. The van der Waals surface area contributed by atoms with E-state index in [9.17, 15) is 29.4 Å². The van der Waals surface area contributed by atoms with Gasteiger partial charge in [-0.3, -0.25) is 29.6 Å². The molecule has 12 heteroatoms. The van der Waals surface area contributed by atoms with Crippen molar-refractivity contribution in [1.82, 2.24) is 9.80 Å². The van der Waals surface area contributed by atoms with Gasteiger partial charge in [0.25, 0.3) is 0 Å². The van der Waals surface area contributed by atoms with Crippen molar-refractivity contribution in [3.63, 3.8) is 0 Å². The topological polar surface area (TPSA) is 200 Å². The average molecular weight is 476 g/mol. The zero-order chi connectivity index (χ0) is 25.2. The molecule has 34 heavy (non-hydrogen) atoms. The Morgan fingerprint density at radius 2 is 1.79 bits per heavy atom. The fourth-order valence-electron chi connectivity index (χ4n) is 4.99. The molecule has 184 valence electrons. The maximum Gasteiger partial charge on any atom is 0.507 e. The zero-order valence-corrected chi connectivity index (χ0v) is 18.8. The molecule has 1 aromatic carbocycles. The average Bonchev–Trinajstić information content (AvgIpc) is 3.20. The first-order valence-corrected chi connectivity index (χ1v) is 11.0. The van der Waals surface area contributed by atoms with Gasteiger partial charge in [-0.05, 0) is 12.0 Å². The van der Waals surface area contributed by atoms with Gasteiger partial charge in [-0.1, -0.05) is 37.6 Å². The summed E-state index contributed by atoms with van der Waals surface area (Å²) in [5.41, 5.74) is 9.69. The van der Waals surface area contributed by atoms with Crippen LogP contribution in [0.25, 0.3) is 0 Å². The number of carbonyl (C=O) groups is 4. The van der Waals surface area contributed by atoms with E-state index >= 15 is 0 Å². The molecule has 3 amide bonds. The SMILES string of the molecule is CCCCN1C(=O)C2C(c3ccc(C(=N)N)cc3)N(CCC(N)=O)C(CO)(OC(=O)O)C2C1=O. The maximum atomic E-state index is 13.5. The first-order chi connectivity index (χ1) is 16.1.